The fraction of sp³-hybridized carbons (Fsp3) is 0.500. The Balaban J connectivity index is 1.44. The molecule has 144 valence electrons. The van der Waals surface area contributed by atoms with E-state index < -0.39 is 0 Å². The Bertz CT molecular complexity index is 795. The second-order valence-corrected chi connectivity index (χ2v) is 7.96. The number of likely N-dealkylation sites (tertiary alicyclic amines) is 1. The van der Waals surface area contributed by atoms with Crippen molar-refractivity contribution in [3.05, 3.63) is 41.8 Å². The van der Waals surface area contributed by atoms with E-state index in [0.717, 1.165) is 42.8 Å². The molecule has 27 heavy (non-hydrogen) atoms. The van der Waals surface area contributed by atoms with Crippen LogP contribution in [0.5, 0.6) is 0 Å². The molecular formula is C20H24FN3O2S. The molecule has 2 unspecified atom stereocenters. The van der Waals surface area contributed by atoms with E-state index in [0.29, 0.717) is 19.6 Å². The zero-order valence-corrected chi connectivity index (χ0v) is 16.0. The molecule has 0 bridgehead atoms. The zero-order chi connectivity index (χ0) is 18.8. The van der Waals surface area contributed by atoms with E-state index in [9.17, 15) is 9.18 Å². The summed E-state index contributed by atoms with van der Waals surface area (Å²) in [5.74, 6) is 0.223. The first kappa shape index (κ1) is 18.5. The molecule has 7 heteroatoms. The lowest BCUT2D eigenvalue weighted by Crippen LogP contribution is -2.44. The number of thiol groups is 1. The Labute approximate surface area is 163 Å². The molecule has 1 aromatic carbocycles. The minimum absolute atomic E-state index is 0.0107. The van der Waals surface area contributed by atoms with Gasteiger partial charge in [-0.1, -0.05) is 0 Å². The molecule has 3 heterocycles. The second-order valence-electron chi connectivity index (χ2n) is 7.39. The number of aromatic amines is 1. The van der Waals surface area contributed by atoms with Crippen LogP contribution in [-0.4, -0.2) is 46.1 Å². The maximum atomic E-state index is 13.1. The summed E-state index contributed by atoms with van der Waals surface area (Å²) in [4.78, 5) is 14.9. The summed E-state index contributed by atoms with van der Waals surface area (Å²) in [6.45, 7) is 2.12. The van der Waals surface area contributed by atoms with E-state index in [1.807, 2.05) is 11.0 Å². The molecule has 2 aliphatic rings. The first-order valence-corrected chi connectivity index (χ1v) is 10.0. The molecule has 4 rings (SSSR count). The summed E-state index contributed by atoms with van der Waals surface area (Å²) in [6, 6.07) is 8.35. The third-order valence-electron chi connectivity index (χ3n) is 5.52. The van der Waals surface area contributed by atoms with Crippen molar-refractivity contribution in [1.29, 1.82) is 0 Å². The molecule has 0 aliphatic carbocycles. The zero-order valence-electron chi connectivity index (χ0n) is 15.1. The number of nitrogens with one attached hydrogen (secondary N) is 1. The monoisotopic (exact) mass is 389 g/mol. The number of hydrogen-bond acceptors (Lipinski definition) is 4. The summed E-state index contributed by atoms with van der Waals surface area (Å²) in [7, 11) is 0. The van der Waals surface area contributed by atoms with Gasteiger partial charge in [-0.3, -0.25) is 9.89 Å². The molecular weight excluding hydrogens is 365 g/mol. The molecule has 1 aromatic heterocycles. The molecule has 1 N–H and O–H groups in total. The summed E-state index contributed by atoms with van der Waals surface area (Å²) in [5.41, 5.74) is 2.57. The fourth-order valence-corrected chi connectivity index (χ4v) is 4.36. The van der Waals surface area contributed by atoms with Crippen LogP contribution < -0.4 is 0 Å². The summed E-state index contributed by atoms with van der Waals surface area (Å²) in [6.07, 6.45) is 3.46. The average Bonchev–Trinajstić information content (AvgIpc) is 3.18. The maximum absolute atomic E-state index is 13.1. The number of aromatic nitrogens is 2. The Morgan fingerprint density at radius 3 is 2.89 bits per heavy atom. The minimum atomic E-state index is -0.257. The van der Waals surface area contributed by atoms with Crippen LogP contribution in [-0.2, 0) is 9.53 Å². The van der Waals surface area contributed by atoms with Crippen LogP contribution in [0.1, 0.15) is 37.3 Å². The van der Waals surface area contributed by atoms with E-state index in [4.69, 9.17) is 4.74 Å². The topological polar surface area (TPSA) is 58.2 Å². The highest BCUT2D eigenvalue weighted by Crippen LogP contribution is 2.31. The standard InChI is InChI=1S/C20H24FN3O2S/c21-16-5-3-13(4-6-16)17-11-18(23-22-17)15-2-1-8-24(12-15)20(25)14-7-9-26-19(27)10-14/h3-6,11,14-15,19,27H,1-2,7-10,12H2,(H,22,23)/t14?,15-,19?/m0/s1. The number of halogens is 1. The first-order valence-electron chi connectivity index (χ1n) is 9.50. The van der Waals surface area contributed by atoms with Gasteiger partial charge < -0.3 is 9.64 Å². The van der Waals surface area contributed by atoms with Gasteiger partial charge in [0.05, 0.1) is 5.69 Å². The van der Waals surface area contributed by atoms with Crippen LogP contribution in [0.4, 0.5) is 4.39 Å². The van der Waals surface area contributed by atoms with Crippen molar-refractivity contribution in [2.45, 2.75) is 37.0 Å². The summed E-state index contributed by atoms with van der Waals surface area (Å²) >= 11 is 4.37. The van der Waals surface area contributed by atoms with Gasteiger partial charge in [-0.05, 0) is 56.0 Å². The smallest absolute Gasteiger partial charge is 0.225 e. The number of benzene rings is 1. The van der Waals surface area contributed by atoms with Gasteiger partial charge in [0, 0.05) is 42.8 Å². The van der Waals surface area contributed by atoms with Crippen LogP contribution in [0.2, 0.25) is 0 Å². The van der Waals surface area contributed by atoms with Crippen molar-refractivity contribution < 1.29 is 13.9 Å². The van der Waals surface area contributed by atoms with Crippen LogP contribution in [0.15, 0.2) is 30.3 Å². The Morgan fingerprint density at radius 2 is 2.11 bits per heavy atom. The predicted octanol–water partition coefficient (Wildman–Crippen LogP) is 3.60. The number of nitrogens with zero attached hydrogens (tertiary/aromatic N) is 2. The molecule has 1 amide bonds. The SMILES string of the molecule is O=C(C1CCOC(S)C1)N1CCC[C@H](c2cc(-c3ccc(F)cc3)n[nH]2)C1. The highest BCUT2D eigenvalue weighted by Gasteiger charge is 2.33. The van der Waals surface area contributed by atoms with E-state index in [-0.39, 0.29) is 29.0 Å². The molecule has 5 nitrogen and oxygen atoms in total. The fourth-order valence-electron chi connectivity index (χ4n) is 4.00. The summed E-state index contributed by atoms with van der Waals surface area (Å²) in [5, 5.41) is 7.50. The van der Waals surface area contributed by atoms with Gasteiger partial charge in [-0.15, -0.1) is 12.6 Å². The number of amides is 1. The number of carbonyl (C=O) groups is 1. The van der Waals surface area contributed by atoms with Gasteiger partial charge in [0.1, 0.15) is 11.3 Å². The normalized spacial score (nSPS) is 26.1. The average molecular weight is 389 g/mol. The predicted molar refractivity (Wildman–Crippen MR) is 104 cm³/mol. The van der Waals surface area contributed by atoms with Crippen molar-refractivity contribution >= 4 is 18.5 Å². The number of rotatable bonds is 3. The Kier molecular flexibility index (Phi) is 5.50. The highest BCUT2D eigenvalue weighted by atomic mass is 32.1. The van der Waals surface area contributed by atoms with Crippen molar-refractivity contribution in [1.82, 2.24) is 15.1 Å². The first-order chi connectivity index (χ1) is 13.1. The largest absolute Gasteiger partial charge is 0.368 e. The van der Waals surface area contributed by atoms with E-state index in [1.165, 1.54) is 12.1 Å². The third kappa shape index (κ3) is 4.19. The maximum Gasteiger partial charge on any atom is 0.225 e. The number of H-pyrrole nitrogens is 1. The van der Waals surface area contributed by atoms with E-state index in [1.54, 1.807) is 12.1 Å². The number of ether oxygens (including phenoxy) is 1. The lowest BCUT2D eigenvalue weighted by molar-refractivity contribution is -0.140. The molecule has 0 radical (unpaired) electrons. The van der Waals surface area contributed by atoms with Gasteiger partial charge in [0.2, 0.25) is 5.91 Å². The van der Waals surface area contributed by atoms with Gasteiger partial charge >= 0.3 is 0 Å². The molecule has 0 spiro atoms. The molecule has 2 aliphatic heterocycles. The van der Waals surface area contributed by atoms with Crippen molar-refractivity contribution in [3.63, 3.8) is 0 Å². The second kappa shape index (κ2) is 8.02. The number of hydrogen-bond donors (Lipinski definition) is 2. The molecule has 2 saturated heterocycles. The summed E-state index contributed by atoms with van der Waals surface area (Å²) < 4.78 is 18.6. The van der Waals surface area contributed by atoms with Crippen LogP contribution in [0.25, 0.3) is 11.3 Å². The molecule has 3 atom stereocenters. The highest BCUT2D eigenvalue weighted by molar-refractivity contribution is 7.80. The van der Waals surface area contributed by atoms with E-state index in [2.05, 4.69) is 22.8 Å². The van der Waals surface area contributed by atoms with Gasteiger partial charge in [-0.25, -0.2) is 4.39 Å². The Morgan fingerprint density at radius 1 is 1.30 bits per heavy atom. The molecule has 2 aromatic rings. The molecule has 2 fully saturated rings. The third-order valence-corrected chi connectivity index (χ3v) is 5.88. The van der Waals surface area contributed by atoms with Crippen molar-refractivity contribution in [2.75, 3.05) is 19.7 Å². The van der Waals surface area contributed by atoms with Crippen LogP contribution in [0.3, 0.4) is 0 Å². The molecule has 0 saturated carbocycles. The van der Waals surface area contributed by atoms with Gasteiger partial charge in [-0.2, -0.15) is 5.10 Å². The van der Waals surface area contributed by atoms with Gasteiger partial charge in [0.25, 0.3) is 0 Å². The Hall–Kier alpha value is -1.86. The lowest BCUT2D eigenvalue weighted by Gasteiger charge is -2.36. The van der Waals surface area contributed by atoms with Crippen molar-refractivity contribution in [3.8, 4) is 11.3 Å². The number of piperidine rings is 1. The van der Waals surface area contributed by atoms with Crippen LogP contribution >= 0.6 is 12.6 Å². The number of carbonyl (C=O) groups excluding carboxylic acids is 1. The van der Waals surface area contributed by atoms with Gasteiger partial charge in [0.15, 0.2) is 0 Å². The van der Waals surface area contributed by atoms with Crippen molar-refractivity contribution in [2.24, 2.45) is 5.92 Å². The minimum Gasteiger partial charge on any atom is -0.368 e. The van der Waals surface area contributed by atoms with E-state index >= 15 is 0 Å². The van der Waals surface area contributed by atoms with Crippen LogP contribution in [0, 0.1) is 11.7 Å². The lowest BCUT2D eigenvalue weighted by atomic mass is 9.91. The quantitative estimate of drug-likeness (QED) is 0.789.